The standard InChI is InChI=1S/C16H29N3O2/c1-12-7-9-16(10-8-12,15(17)19-21)18-14(20)11-13-5-3-2-4-6-13/h12-13,21H,2-11H2,1H3,(H2,17,19)(H,18,20). The molecule has 0 saturated heterocycles. The average Bonchev–Trinajstić information content (AvgIpc) is 2.50. The van der Waals surface area contributed by atoms with Crippen molar-refractivity contribution in [2.24, 2.45) is 22.7 Å². The second-order valence-electron chi connectivity index (χ2n) is 7.01. The third kappa shape index (κ3) is 4.11. The molecular formula is C16H29N3O2. The van der Waals surface area contributed by atoms with Gasteiger partial charge in [-0.3, -0.25) is 4.79 Å². The Hall–Kier alpha value is -1.26. The number of nitrogens with zero attached hydrogens (tertiary/aromatic N) is 1. The molecule has 0 spiro atoms. The monoisotopic (exact) mass is 295 g/mol. The van der Waals surface area contributed by atoms with Gasteiger partial charge < -0.3 is 16.3 Å². The van der Waals surface area contributed by atoms with Crippen molar-refractivity contribution in [3.63, 3.8) is 0 Å². The zero-order chi connectivity index (χ0) is 15.3. The van der Waals surface area contributed by atoms with Crippen LogP contribution in [0.25, 0.3) is 0 Å². The number of hydrogen-bond donors (Lipinski definition) is 3. The molecule has 5 heteroatoms. The van der Waals surface area contributed by atoms with Gasteiger partial charge in [0.1, 0.15) is 5.54 Å². The fourth-order valence-electron chi connectivity index (χ4n) is 3.77. The van der Waals surface area contributed by atoms with Crippen molar-refractivity contribution in [3.05, 3.63) is 0 Å². The van der Waals surface area contributed by atoms with Crippen LogP contribution in [0.1, 0.15) is 71.1 Å². The number of amides is 1. The quantitative estimate of drug-likeness (QED) is 0.322. The predicted molar refractivity (Wildman–Crippen MR) is 83.1 cm³/mol. The number of nitrogens with two attached hydrogens (primary N) is 1. The lowest BCUT2D eigenvalue weighted by Crippen LogP contribution is -2.59. The smallest absolute Gasteiger partial charge is 0.221 e. The van der Waals surface area contributed by atoms with Crippen molar-refractivity contribution in [2.45, 2.75) is 76.7 Å². The Labute approximate surface area is 127 Å². The molecule has 0 aliphatic heterocycles. The Morgan fingerprint density at radius 1 is 1.24 bits per heavy atom. The summed E-state index contributed by atoms with van der Waals surface area (Å²) in [5.41, 5.74) is 5.26. The molecule has 1 amide bonds. The number of hydrogen-bond acceptors (Lipinski definition) is 3. The van der Waals surface area contributed by atoms with Gasteiger partial charge in [-0.05, 0) is 50.4 Å². The molecular weight excluding hydrogens is 266 g/mol. The number of oxime groups is 1. The number of carbonyl (C=O) groups is 1. The third-order valence-corrected chi connectivity index (χ3v) is 5.30. The lowest BCUT2D eigenvalue weighted by atomic mass is 9.76. The van der Waals surface area contributed by atoms with Gasteiger partial charge in [-0.25, -0.2) is 0 Å². The van der Waals surface area contributed by atoms with Gasteiger partial charge in [0.05, 0.1) is 0 Å². The van der Waals surface area contributed by atoms with Gasteiger partial charge >= 0.3 is 0 Å². The third-order valence-electron chi connectivity index (χ3n) is 5.30. The first-order valence-electron chi connectivity index (χ1n) is 8.35. The molecule has 120 valence electrons. The van der Waals surface area contributed by atoms with Crippen LogP contribution >= 0.6 is 0 Å². The molecule has 2 saturated carbocycles. The van der Waals surface area contributed by atoms with Gasteiger partial charge in [-0.15, -0.1) is 0 Å². The van der Waals surface area contributed by atoms with E-state index < -0.39 is 5.54 Å². The summed E-state index contributed by atoms with van der Waals surface area (Å²) >= 11 is 0. The Balaban J connectivity index is 1.96. The zero-order valence-electron chi connectivity index (χ0n) is 13.1. The summed E-state index contributed by atoms with van der Waals surface area (Å²) in [5, 5.41) is 15.3. The maximum absolute atomic E-state index is 12.4. The first-order valence-corrected chi connectivity index (χ1v) is 8.35. The molecule has 0 radical (unpaired) electrons. The minimum absolute atomic E-state index is 0.0584. The molecule has 4 N–H and O–H groups in total. The molecule has 5 nitrogen and oxygen atoms in total. The van der Waals surface area contributed by atoms with Crippen LogP contribution in [-0.2, 0) is 4.79 Å². The lowest BCUT2D eigenvalue weighted by molar-refractivity contribution is -0.123. The van der Waals surface area contributed by atoms with E-state index in [1.165, 1.54) is 19.3 Å². The van der Waals surface area contributed by atoms with Crippen molar-refractivity contribution in [1.29, 1.82) is 0 Å². The van der Waals surface area contributed by atoms with Gasteiger partial charge in [-0.2, -0.15) is 0 Å². The second kappa shape index (κ2) is 7.14. The highest BCUT2D eigenvalue weighted by molar-refractivity contribution is 5.94. The molecule has 2 fully saturated rings. The zero-order valence-corrected chi connectivity index (χ0v) is 13.1. The van der Waals surface area contributed by atoms with Gasteiger partial charge in [0.15, 0.2) is 5.84 Å². The Morgan fingerprint density at radius 3 is 2.43 bits per heavy atom. The molecule has 0 heterocycles. The number of amidine groups is 1. The van der Waals surface area contributed by atoms with Crippen LogP contribution in [0.15, 0.2) is 5.16 Å². The van der Waals surface area contributed by atoms with E-state index in [-0.39, 0.29) is 11.7 Å². The van der Waals surface area contributed by atoms with Gasteiger partial charge in [0.25, 0.3) is 0 Å². The summed E-state index contributed by atoms with van der Waals surface area (Å²) in [6.07, 6.45) is 10.2. The molecule has 0 aromatic rings. The molecule has 2 aliphatic carbocycles. The van der Waals surface area contributed by atoms with Gasteiger partial charge in [-0.1, -0.05) is 31.3 Å². The number of carbonyl (C=O) groups excluding carboxylic acids is 1. The van der Waals surface area contributed by atoms with Gasteiger partial charge in [0, 0.05) is 6.42 Å². The molecule has 21 heavy (non-hydrogen) atoms. The highest BCUT2D eigenvalue weighted by Crippen LogP contribution is 2.33. The van der Waals surface area contributed by atoms with Crippen molar-refractivity contribution in [2.75, 3.05) is 0 Å². The number of nitrogens with one attached hydrogen (secondary N) is 1. The fourth-order valence-corrected chi connectivity index (χ4v) is 3.77. The van der Waals surface area contributed by atoms with E-state index in [1.54, 1.807) is 0 Å². The van der Waals surface area contributed by atoms with Gasteiger partial charge in [0.2, 0.25) is 5.91 Å². The Bertz CT molecular complexity index is 381. The normalized spacial score (nSPS) is 31.9. The Morgan fingerprint density at radius 2 is 1.86 bits per heavy atom. The van der Waals surface area contributed by atoms with Crippen LogP contribution in [0.5, 0.6) is 0 Å². The molecule has 0 atom stereocenters. The fraction of sp³-hybridized carbons (Fsp3) is 0.875. The second-order valence-corrected chi connectivity index (χ2v) is 7.01. The van der Waals surface area contributed by atoms with E-state index in [9.17, 15) is 4.79 Å². The first-order chi connectivity index (χ1) is 10.1. The van der Waals surface area contributed by atoms with Crippen LogP contribution in [0, 0.1) is 11.8 Å². The molecule has 0 aromatic heterocycles. The van der Waals surface area contributed by atoms with Crippen molar-refractivity contribution < 1.29 is 10.0 Å². The minimum atomic E-state index is -0.632. The summed E-state index contributed by atoms with van der Waals surface area (Å²) in [6, 6.07) is 0. The van der Waals surface area contributed by atoms with E-state index in [0.717, 1.165) is 38.5 Å². The Kier molecular flexibility index (Phi) is 5.48. The highest BCUT2D eigenvalue weighted by Gasteiger charge is 2.40. The van der Waals surface area contributed by atoms with E-state index in [2.05, 4.69) is 17.4 Å². The van der Waals surface area contributed by atoms with Crippen molar-refractivity contribution in [1.82, 2.24) is 5.32 Å². The largest absolute Gasteiger partial charge is 0.409 e. The summed E-state index contributed by atoms with van der Waals surface area (Å²) in [7, 11) is 0. The summed E-state index contributed by atoms with van der Waals surface area (Å²) in [4.78, 5) is 12.4. The molecule has 0 bridgehead atoms. The topological polar surface area (TPSA) is 87.7 Å². The summed E-state index contributed by atoms with van der Waals surface area (Å²) < 4.78 is 0. The summed E-state index contributed by atoms with van der Waals surface area (Å²) in [6.45, 7) is 2.21. The molecule has 0 aromatic carbocycles. The predicted octanol–water partition coefficient (Wildman–Crippen LogP) is 2.77. The highest BCUT2D eigenvalue weighted by atomic mass is 16.4. The van der Waals surface area contributed by atoms with Crippen LogP contribution in [0.3, 0.4) is 0 Å². The van der Waals surface area contributed by atoms with E-state index in [1.807, 2.05) is 0 Å². The summed E-state index contributed by atoms with van der Waals surface area (Å²) in [5.74, 6) is 1.36. The van der Waals surface area contributed by atoms with Crippen LogP contribution in [0.2, 0.25) is 0 Å². The maximum atomic E-state index is 12.4. The SMILES string of the molecule is CC1CCC(NC(=O)CC2CCCCC2)(/C(N)=N/O)CC1. The lowest BCUT2D eigenvalue weighted by Gasteiger charge is -2.39. The first kappa shape index (κ1) is 16.1. The van der Waals surface area contributed by atoms with E-state index in [4.69, 9.17) is 10.9 Å². The molecule has 2 rings (SSSR count). The number of rotatable bonds is 4. The average molecular weight is 295 g/mol. The molecule has 2 aliphatic rings. The van der Waals surface area contributed by atoms with Crippen LogP contribution in [0.4, 0.5) is 0 Å². The molecule has 0 unspecified atom stereocenters. The van der Waals surface area contributed by atoms with Crippen LogP contribution < -0.4 is 11.1 Å². The van der Waals surface area contributed by atoms with Crippen molar-refractivity contribution >= 4 is 11.7 Å². The maximum Gasteiger partial charge on any atom is 0.221 e. The van der Waals surface area contributed by atoms with E-state index in [0.29, 0.717) is 18.3 Å². The van der Waals surface area contributed by atoms with E-state index >= 15 is 0 Å². The van der Waals surface area contributed by atoms with Crippen LogP contribution in [-0.4, -0.2) is 22.5 Å². The van der Waals surface area contributed by atoms with Crippen molar-refractivity contribution in [3.8, 4) is 0 Å². The minimum Gasteiger partial charge on any atom is -0.409 e.